The van der Waals surface area contributed by atoms with E-state index in [1.165, 1.54) is 4.90 Å². The molecule has 3 aliphatic heterocycles. The lowest BCUT2D eigenvalue weighted by Crippen LogP contribution is -2.58. The second kappa shape index (κ2) is 11.0. The van der Waals surface area contributed by atoms with E-state index in [1.54, 1.807) is 17.1 Å². The molecule has 1 aromatic rings. The maximum absolute atomic E-state index is 14.4. The van der Waals surface area contributed by atoms with Crippen molar-refractivity contribution in [3.05, 3.63) is 61.2 Å². The molecule has 4 rings (SSSR count). The summed E-state index contributed by atoms with van der Waals surface area (Å²) in [6, 6.07) is 7.26. The molecular weight excluding hydrogens is 484 g/mol. The monoisotopic (exact) mass is 524 g/mol. The summed E-state index contributed by atoms with van der Waals surface area (Å²) in [7, 11) is 0. The highest BCUT2D eigenvalue weighted by Gasteiger charge is 2.79. The fourth-order valence-corrected chi connectivity index (χ4v) is 6.71. The van der Waals surface area contributed by atoms with Crippen LogP contribution in [0.5, 0.6) is 0 Å². The number of hydrogen-bond donors (Lipinski definition) is 1. The summed E-state index contributed by atoms with van der Waals surface area (Å²) < 4.78 is 12.3. The number of hydrogen-bond acceptors (Lipinski definition) is 6. The number of aliphatic hydroxyl groups is 1. The van der Waals surface area contributed by atoms with Gasteiger partial charge in [0.1, 0.15) is 17.6 Å². The van der Waals surface area contributed by atoms with E-state index in [9.17, 15) is 19.5 Å². The van der Waals surface area contributed by atoms with Crippen molar-refractivity contribution in [1.82, 2.24) is 9.80 Å². The van der Waals surface area contributed by atoms with Crippen molar-refractivity contribution >= 4 is 17.8 Å². The molecule has 8 nitrogen and oxygen atoms in total. The molecule has 3 fully saturated rings. The molecule has 3 aliphatic rings. The molecule has 206 valence electrons. The van der Waals surface area contributed by atoms with Crippen LogP contribution < -0.4 is 0 Å². The molecule has 0 radical (unpaired) electrons. The van der Waals surface area contributed by atoms with Crippen LogP contribution in [0.1, 0.15) is 58.1 Å². The molecule has 8 heteroatoms. The van der Waals surface area contributed by atoms with Gasteiger partial charge < -0.3 is 24.4 Å². The number of carbonyl (C=O) groups excluding carboxylic acids is 3. The zero-order chi connectivity index (χ0) is 27.7. The summed E-state index contributed by atoms with van der Waals surface area (Å²) >= 11 is 0. The molecule has 0 aliphatic carbocycles. The van der Waals surface area contributed by atoms with Crippen LogP contribution in [0.15, 0.2) is 55.6 Å². The molecule has 1 aromatic carbocycles. The number of fused-ring (bicyclic) bond motifs is 1. The molecular formula is C30H40N2O6. The van der Waals surface area contributed by atoms with E-state index in [2.05, 4.69) is 13.2 Å². The largest absolute Gasteiger partial charge is 0.465 e. The zero-order valence-corrected chi connectivity index (χ0v) is 22.7. The van der Waals surface area contributed by atoms with Crippen LogP contribution in [0.25, 0.3) is 0 Å². The van der Waals surface area contributed by atoms with Crippen molar-refractivity contribution in [2.75, 3.05) is 19.8 Å². The Balaban J connectivity index is 1.80. The molecule has 0 aromatic heterocycles. The van der Waals surface area contributed by atoms with Gasteiger partial charge >= 0.3 is 5.97 Å². The van der Waals surface area contributed by atoms with E-state index in [4.69, 9.17) is 9.47 Å². The smallest absolute Gasteiger partial charge is 0.312 e. The lowest BCUT2D eigenvalue weighted by atomic mass is 9.66. The second-order valence-electron chi connectivity index (χ2n) is 11.1. The average molecular weight is 525 g/mol. The minimum atomic E-state index is -1.19. The Kier molecular flexibility index (Phi) is 8.14. The fraction of sp³-hybridized carbons (Fsp3) is 0.567. The maximum Gasteiger partial charge on any atom is 0.312 e. The predicted molar refractivity (Wildman–Crippen MR) is 143 cm³/mol. The van der Waals surface area contributed by atoms with Gasteiger partial charge in [0.05, 0.1) is 30.8 Å². The van der Waals surface area contributed by atoms with Gasteiger partial charge in [-0.25, -0.2) is 0 Å². The third-order valence-corrected chi connectivity index (χ3v) is 8.42. The number of carbonyl (C=O) groups is 3. The first kappa shape index (κ1) is 28.0. The highest BCUT2D eigenvalue weighted by molar-refractivity contribution is 5.99. The van der Waals surface area contributed by atoms with E-state index in [1.807, 2.05) is 51.1 Å². The van der Waals surface area contributed by atoms with Gasteiger partial charge in [0.15, 0.2) is 0 Å². The number of allylic oxidation sites excluding steroid dienone is 1. The molecule has 3 saturated heterocycles. The standard InChI is InChI=1S/C30H40N2O6/c1-6-8-12-18-37-28(36)24-23-26(34)32(22(19-33)21-13-10-9-11-14-21)25(27(35)31(17-7-2)20(3)4)30(23)16-15-29(24,5)38-30/h6-7,9-11,13-14,20,22-25,33H,1-2,8,12,15-19H2,3-5H3/t22-,23+,24+,25?,29-,30?/m1/s1. The number of unbranched alkanes of at least 4 members (excludes halogenated alkanes) is 1. The van der Waals surface area contributed by atoms with E-state index >= 15 is 0 Å². The summed E-state index contributed by atoms with van der Waals surface area (Å²) in [6.45, 7) is 13.3. The number of nitrogens with zero attached hydrogens (tertiary/aromatic N) is 2. The number of esters is 1. The summed E-state index contributed by atoms with van der Waals surface area (Å²) in [6.07, 6.45) is 5.77. The van der Waals surface area contributed by atoms with Crippen molar-refractivity contribution in [1.29, 1.82) is 0 Å². The van der Waals surface area contributed by atoms with Crippen LogP contribution in [0.2, 0.25) is 0 Å². The van der Waals surface area contributed by atoms with Gasteiger partial charge in [0.25, 0.3) is 0 Å². The van der Waals surface area contributed by atoms with Crippen molar-refractivity contribution < 1.29 is 29.0 Å². The van der Waals surface area contributed by atoms with Gasteiger partial charge in [-0.1, -0.05) is 42.5 Å². The van der Waals surface area contributed by atoms with Gasteiger partial charge in [-0.05, 0) is 52.0 Å². The number of rotatable bonds is 12. The molecule has 3 heterocycles. The van der Waals surface area contributed by atoms with Crippen molar-refractivity contribution in [2.45, 2.75) is 75.8 Å². The van der Waals surface area contributed by atoms with Crippen molar-refractivity contribution in [3.8, 4) is 0 Å². The average Bonchev–Trinajstić information content (AvgIpc) is 3.47. The van der Waals surface area contributed by atoms with E-state index in [0.717, 1.165) is 0 Å². The first-order chi connectivity index (χ1) is 18.2. The molecule has 2 unspecified atom stereocenters. The molecule has 6 atom stereocenters. The highest BCUT2D eigenvalue weighted by atomic mass is 16.6. The lowest BCUT2D eigenvalue weighted by molar-refractivity contribution is -0.162. The topological polar surface area (TPSA) is 96.4 Å². The van der Waals surface area contributed by atoms with Crippen LogP contribution >= 0.6 is 0 Å². The first-order valence-electron chi connectivity index (χ1n) is 13.5. The summed E-state index contributed by atoms with van der Waals surface area (Å²) in [5.74, 6) is -2.82. The molecule has 1 N–H and O–H groups in total. The maximum atomic E-state index is 14.4. The van der Waals surface area contributed by atoms with Crippen LogP contribution in [-0.4, -0.2) is 75.7 Å². The third kappa shape index (κ3) is 4.47. The number of ether oxygens (including phenoxy) is 2. The zero-order valence-electron chi connectivity index (χ0n) is 22.7. The Bertz CT molecular complexity index is 1070. The van der Waals surface area contributed by atoms with Gasteiger partial charge in [0.2, 0.25) is 11.8 Å². The minimum Gasteiger partial charge on any atom is -0.465 e. The van der Waals surface area contributed by atoms with Crippen LogP contribution in [0.3, 0.4) is 0 Å². The Morgan fingerprint density at radius 2 is 1.95 bits per heavy atom. The van der Waals surface area contributed by atoms with Crippen LogP contribution in [0, 0.1) is 11.8 Å². The Hall–Kier alpha value is -2.97. The highest BCUT2D eigenvalue weighted by Crippen LogP contribution is 2.64. The third-order valence-electron chi connectivity index (χ3n) is 8.42. The quantitative estimate of drug-likeness (QED) is 0.256. The summed E-state index contributed by atoms with van der Waals surface area (Å²) in [5, 5.41) is 10.6. The molecule has 1 spiro atoms. The molecule has 2 bridgehead atoms. The summed E-state index contributed by atoms with van der Waals surface area (Å²) in [4.78, 5) is 45.3. The van der Waals surface area contributed by atoms with E-state index in [0.29, 0.717) is 37.8 Å². The number of amides is 2. The van der Waals surface area contributed by atoms with E-state index < -0.39 is 41.1 Å². The van der Waals surface area contributed by atoms with Crippen molar-refractivity contribution in [3.63, 3.8) is 0 Å². The number of likely N-dealkylation sites (tertiary alicyclic amines) is 1. The fourth-order valence-electron chi connectivity index (χ4n) is 6.71. The van der Waals surface area contributed by atoms with Gasteiger partial charge in [-0.3, -0.25) is 14.4 Å². The SMILES string of the molecule is C=CCCCOC(=O)[C@@H]1[C@H]2C(=O)N([C@H](CO)c3ccccc3)C(C(=O)N(CC=C)C(C)C)C23CC[C@@]1(C)O3. The molecule has 2 amide bonds. The second-order valence-corrected chi connectivity index (χ2v) is 11.1. The Labute approximate surface area is 225 Å². The van der Waals surface area contributed by atoms with E-state index in [-0.39, 0.29) is 31.1 Å². The molecule has 0 saturated carbocycles. The Morgan fingerprint density at radius 3 is 2.55 bits per heavy atom. The van der Waals surface area contributed by atoms with Crippen LogP contribution in [0.4, 0.5) is 0 Å². The van der Waals surface area contributed by atoms with Crippen LogP contribution in [-0.2, 0) is 23.9 Å². The van der Waals surface area contributed by atoms with Gasteiger partial charge in [0, 0.05) is 12.6 Å². The first-order valence-corrected chi connectivity index (χ1v) is 13.5. The van der Waals surface area contributed by atoms with Crippen molar-refractivity contribution in [2.24, 2.45) is 11.8 Å². The molecule has 38 heavy (non-hydrogen) atoms. The lowest BCUT2D eigenvalue weighted by Gasteiger charge is -2.40. The minimum absolute atomic E-state index is 0.156. The summed E-state index contributed by atoms with van der Waals surface area (Å²) in [5.41, 5.74) is -1.39. The Morgan fingerprint density at radius 1 is 1.24 bits per heavy atom. The predicted octanol–water partition coefficient (Wildman–Crippen LogP) is 3.42. The van der Waals surface area contributed by atoms with Gasteiger partial charge in [-0.2, -0.15) is 0 Å². The van der Waals surface area contributed by atoms with Gasteiger partial charge in [-0.15, -0.1) is 13.2 Å². The number of benzene rings is 1. The normalized spacial score (nSPS) is 30.3. The number of aliphatic hydroxyl groups excluding tert-OH is 1.